The molecule has 180 valence electrons. The number of nitrogens with one attached hydrogen (secondary N) is 3. The van der Waals surface area contributed by atoms with E-state index < -0.39 is 5.92 Å². The molecule has 2 heterocycles. The molecule has 0 spiro atoms. The number of piperidine rings is 1. The third-order valence-electron chi connectivity index (χ3n) is 6.95. The Bertz CT molecular complexity index is 1030. The van der Waals surface area contributed by atoms with Crippen molar-refractivity contribution in [2.45, 2.75) is 51.4 Å². The number of rotatable bonds is 8. The van der Waals surface area contributed by atoms with Gasteiger partial charge in [0.25, 0.3) is 0 Å². The fourth-order valence-electron chi connectivity index (χ4n) is 5.24. The second kappa shape index (κ2) is 11.5. The molecule has 0 amide bonds. The lowest BCUT2D eigenvalue weighted by atomic mass is 9.73. The molecule has 1 aliphatic heterocycles. The Balaban J connectivity index is 1.49. The van der Waals surface area contributed by atoms with Crippen LogP contribution in [0.3, 0.4) is 0 Å². The second-order valence-corrected chi connectivity index (χ2v) is 9.47. The standard InChI is InChI=1S/C27H34FN5O/c1-18(29)27-25(30)14-21(15-26(27)33-34-13-3-4-19-8-11-31-12-9-19)23-7-6-22(28)16-24(23)20-5-2-10-32-17-20/h2,5-7,10,16-17,19,21,27,29-31H,3-4,8-9,11-15H2,1H3. The highest BCUT2D eigenvalue weighted by atomic mass is 19.1. The van der Waals surface area contributed by atoms with E-state index in [0.717, 1.165) is 54.3 Å². The van der Waals surface area contributed by atoms with Gasteiger partial charge in [-0.2, -0.15) is 0 Å². The SMILES string of the molecule is CC(=N)C1C(=N)CC(c2ccc(F)cc2-c2cccnc2)CC1=NOCCCC1CCNCC1. The van der Waals surface area contributed by atoms with Crippen LogP contribution in [-0.2, 0) is 4.84 Å². The average Bonchev–Trinajstić information content (AvgIpc) is 2.84. The largest absolute Gasteiger partial charge is 0.396 e. The van der Waals surface area contributed by atoms with E-state index in [4.69, 9.17) is 15.7 Å². The zero-order valence-electron chi connectivity index (χ0n) is 19.8. The van der Waals surface area contributed by atoms with Gasteiger partial charge in [0.2, 0.25) is 0 Å². The molecule has 6 nitrogen and oxygen atoms in total. The van der Waals surface area contributed by atoms with Crippen LogP contribution in [0.5, 0.6) is 0 Å². The minimum absolute atomic E-state index is 0.0315. The summed E-state index contributed by atoms with van der Waals surface area (Å²) < 4.78 is 14.2. The lowest BCUT2D eigenvalue weighted by Gasteiger charge is -2.31. The zero-order chi connectivity index (χ0) is 23.9. The summed E-state index contributed by atoms with van der Waals surface area (Å²) in [4.78, 5) is 9.91. The summed E-state index contributed by atoms with van der Waals surface area (Å²) in [6, 6.07) is 8.58. The summed E-state index contributed by atoms with van der Waals surface area (Å²) in [5.41, 5.74) is 4.20. The number of nitrogens with zero attached hydrogens (tertiary/aromatic N) is 2. The molecule has 4 rings (SSSR count). The van der Waals surface area contributed by atoms with Crippen LogP contribution in [0, 0.1) is 28.5 Å². The Kier molecular flexibility index (Phi) is 8.16. The van der Waals surface area contributed by atoms with Crippen LogP contribution >= 0.6 is 0 Å². The third-order valence-corrected chi connectivity index (χ3v) is 6.95. The van der Waals surface area contributed by atoms with Gasteiger partial charge in [-0.3, -0.25) is 4.98 Å². The summed E-state index contributed by atoms with van der Waals surface area (Å²) in [7, 11) is 0. The van der Waals surface area contributed by atoms with Gasteiger partial charge in [0.15, 0.2) is 0 Å². The molecule has 2 aromatic rings. The normalized spacial score (nSPS) is 22.6. The van der Waals surface area contributed by atoms with Crippen LogP contribution < -0.4 is 5.32 Å². The van der Waals surface area contributed by atoms with E-state index in [9.17, 15) is 4.39 Å². The van der Waals surface area contributed by atoms with Gasteiger partial charge in [-0.25, -0.2) is 4.39 Å². The summed E-state index contributed by atoms with van der Waals surface area (Å²) in [6.45, 7) is 4.47. The van der Waals surface area contributed by atoms with Gasteiger partial charge in [-0.15, -0.1) is 0 Å². The first-order valence-corrected chi connectivity index (χ1v) is 12.2. The van der Waals surface area contributed by atoms with Gasteiger partial charge in [0.1, 0.15) is 12.4 Å². The van der Waals surface area contributed by atoms with Crippen LogP contribution in [0.25, 0.3) is 11.1 Å². The molecular weight excluding hydrogens is 429 g/mol. The van der Waals surface area contributed by atoms with E-state index in [0.29, 0.717) is 30.9 Å². The third kappa shape index (κ3) is 5.95. The Morgan fingerprint density at radius 1 is 1.24 bits per heavy atom. The van der Waals surface area contributed by atoms with Crippen molar-refractivity contribution in [3.8, 4) is 11.1 Å². The Labute approximate surface area is 201 Å². The molecule has 0 bridgehead atoms. The van der Waals surface area contributed by atoms with Crippen molar-refractivity contribution in [3.63, 3.8) is 0 Å². The Morgan fingerprint density at radius 3 is 2.79 bits per heavy atom. The molecule has 3 N–H and O–H groups in total. The van der Waals surface area contributed by atoms with Gasteiger partial charge >= 0.3 is 0 Å². The molecule has 1 aliphatic carbocycles. The highest BCUT2D eigenvalue weighted by Crippen LogP contribution is 2.38. The predicted octanol–water partition coefficient (Wildman–Crippen LogP) is 5.59. The van der Waals surface area contributed by atoms with Crippen molar-refractivity contribution in [1.82, 2.24) is 10.3 Å². The van der Waals surface area contributed by atoms with Crippen molar-refractivity contribution >= 4 is 17.1 Å². The van der Waals surface area contributed by atoms with E-state index in [2.05, 4.69) is 15.5 Å². The van der Waals surface area contributed by atoms with Crippen molar-refractivity contribution in [1.29, 1.82) is 10.8 Å². The number of hydrogen-bond donors (Lipinski definition) is 3. The van der Waals surface area contributed by atoms with Crippen molar-refractivity contribution in [2.75, 3.05) is 19.7 Å². The van der Waals surface area contributed by atoms with Crippen molar-refractivity contribution < 1.29 is 9.23 Å². The molecule has 7 heteroatoms. The lowest BCUT2D eigenvalue weighted by molar-refractivity contribution is 0.132. The summed E-state index contributed by atoms with van der Waals surface area (Å²) in [5.74, 6) is 0.0114. The topological polar surface area (TPSA) is 94.2 Å². The monoisotopic (exact) mass is 463 g/mol. The molecule has 1 aromatic carbocycles. The molecule has 1 saturated heterocycles. The Hall–Kier alpha value is -2.93. The number of benzene rings is 1. The molecular formula is C27H34FN5O. The van der Waals surface area contributed by atoms with E-state index in [1.807, 2.05) is 18.2 Å². The van der Waals surface area contributed by atoms with Crippen LogP contribution in [0.2, 0.25) is 0 Å². The van der Waals surface area contributed by atoms with Gasteiger partial charge in [-0.05, 0) is 99.7 Å². The summed E-state index contributed by atoms with van der Waals surface area (Å²) >= 11 is 0. The number of pyridine rings is 1. The molecule has 2 atom stereocenters. The quantitative estimate of drug-likeness (QED) is 0.270. The van der Waals surface area contributed by atoms with Crippen LogP contribution in [0.1, 0.15) is 56.9 Å². The summed E-state index contributed by atoms with van der Waals surface area (Å²) in [6.07, 6.45) is 9.06. The lowest BCUT2D eigenvalue weighted by Crippen LogP contribution is -2.37. The maximum Gasteiger partial charge on any atom is 0.123 e. The fourth-order valence-corrected chi connectivity index (χ4v) is 5.24. The maximum atomic E-state index is 14.2. The molecule has 1 saturated carbocycles. The van der Waals surface area contributed by atoms with Crippen LogP contribution in [0.4, 0.5) is 4.39 Å². The highest BCUT2D eigenvalue weighted by Gasteiger charge is 2.35. The molecule has 2 unspecified atom stereocenters. The smallest absolute Gasteiger partial charge is 0.123 e. The van der Waals surface area contributed by atoms with Gasteiger partial charge < -0.3 is 21.0 Å². The Morgan fingerprint density at radius 2 is 2.06 bits per heavy atom. The molecule has 2 aliphatic rings. The first-order valence-electron chi connectivity index (χ1n) is 12.2. The molecule has 0 radical (unpaired) electrons. The zero-order valence-corrected chi connectivity index (χ0v) is 19.8. The highest BCUT2D eigenvalue weighted by molar-refractivity contribution is 6.23. The molecule has 1 aromatic heterocycles. The van der Waals surface area contributed by atoms with E-state index >= 15 is 0 Å². The molecule has 2 fully saturated rings. The van der Waals surface area contributed by atoms with Crippen molar-refractivity contribution in [3.05, 3.63) is 54.1 Å². The first kappa shape index (κ1) is 24.2. The number of halogens is 1. The average molecular weight is 464 g/mol. The van der Waals surface area contributed by atoms with Crippen molar-refractivity contribution in [2.24, 2.45) is 17.0 Å². The molecule has 34 heavy (non-hydrogen) atoms. The summed E-state index contributed by atoms with van der Waals surface area (Å²) in [5, 5.41) is 24.8. The number of aromatic nitrogens is 1. The fraction of sp³-hybridized carbons (Fsp3) is 0.481. The van der Waals surface area contributed by atoms with E-state index in [-0.39, 0.29) is 11.7 Å². The van der Waals surface area contributed by atoms with Crippen LogP contribution in [0.15, 0.2) is 47.9 Å². The predicted molar refractivity (Wildman–Crippen MR) is 134 cm³/mol. The first-order chi connectivity index (χ1) is 16.5. The van der Waals surface area contributed by atoms with E-state index in [1.54, 1.807) is 19.3 Å². The maximum absolute atomic E-state index is 14.2. The van der Waals surface area contributed by atoms with Gasteiger partial charge in [-0.1, -0.05) is 17.3 Å². The minimum Gasteiger partial charge on any atom is -0.396 e. The van der Waals surface area contributed by atoms with Gasteiger partial charge in [0, 0.05) is 29.4 Å². The van der Waals surface area contributed by atoms with Crippen LogP contribution in [-0.4, -0.2) is 41.8 Å². The minimum atomic E-state index is -0.414. The number of hydrogen-bond acceptors (Lipinski definition) is 6. The van der Waals surface area contributed by atoms with Gasteiger partial charge in [0.05, 0.1) is 11.6 Å². The second-order valence-electron chi connectivity index (χ2n) is 9.47. The number of oxime groups is 1. The van der Waals surface area contributed by atoms with E-state index in [1.165, 1.54) is 25.0 Å².